The molecule has 2 N–H and O–H groups in total. The van der Waals surface area contributed by atoms with Crippen molar-refractivity contribution in [2.45, 2.75) is 52.2 Å². The van der Waals surface area contributed by atoms with Crippen LogP contribution in [0.4, 0.5) is 11.4 Å². The second kappa shape index (κ2) is 13.2. The number of methoxy groups -OCH3 is 1. The van der Waals surface area contributed by atoms with E-state index in [-0.39, 0.29) is 28.9 Å². The number of nitrogens with zero attached hydrogens (tertiary/aromatic N) is 1. The maximum absolute atomic E-state index is 13.5. The topological polar surface area (TPSA) is 106 Å². The van der Waals surface area contributed by atoms with Gasteiger partial charge in [-0.2, -0.15) is 0 Å². The molecule has 0 aliphatic carbocycles. The van der Waals surface area contributed by atoms with Crippen LogP contribution in [-0.4, -0.2) is 72.6 Å². The van der Waals surface area contributed by atoms with E-state index in [0.717, 1.165) is 30.6 Å². The summed E-state index contributed by atoms with van der Waals surface area (Å²) in [5.74, 6) is -0.556. The Bertz CT molecular complexity index is 1480. The number of morpholine rings is 1. The van der Waals surface area contributed by atoms with Gasteiger partial charge in [-0.3, -0.25) is 14.5 Å². The molecule has 1 amide bonds. The van der Waals surface area contributed by atoms with Crippen molar-refractivity contribution in [2.24, 2.45) is 0 Å². The lowest BCUT2D eigenvalue weighted by Crippen LogP contribution is -2.46. The smallest absolute Gasteiger partial charge is 0.296 e. The van der Waals surface area contributed by atoms with Crippen LogP contribution in [0.5, 0.6) is 11.5 Å². The molecule has 0 radical (unpaired) electrons. The van der Waals surface area contributed by atoms with Crippen LogP contribution >= 0.6 is 0 Å². The summed E-state index contributed by atoms with van der Waals surface area (Å²) in [5.41, 5.74) is 1.62. The Labute approximate surface area is 250 Å². The van der Waals surface area contributed by atoms with Gasteiger partial charge in [-0.15, -0.1) is 0 Å². The maximum Gasteiger partial charge on any atom is 0.296 e. The predicted molar refractivity (Wildman–Crippen MR) is 168 cm³/mol. The molecule has 1 saturated heterocycles. The van der Waals surface area contributed by atoms with Crippen LogP contribution in [0.15, 0.2) is 48.5 Å². The molecule has 10 heteroatoms. The number of Topliss-reactive ketones (excluding diaryl/α,β-unsaturated/α-hetero) is 1. The highest BCUT2D eigenvalue weighted by Crippen LogP contribution is 2.39. The maximum atomic E-state index is 13.5. The highest BCUT2D eigenvalue weighted by atomic mass is 32.2. The summed E-state index contributed by atoms with van der Waals surface area (Å²) in [6.07, 6.45) is 1.87. The Morgan fingerprint density at radius 2 is 1.67 bits per heavy atom. The van der Waals surface area contributed by atoms with E-state index in [0.29, 0.717) is 29.1 Å². The summed E-state index contributed by atoms with van der Waals surface area (Å²) in [5, 5.41) is 4.12. The fourth-order valence-electron chi connectivity index (χ4n) is 5.25. The summed E-state index contributed by atoms with van der Waals surface area (Å²) in [6.45, 7) is 13.2. The fraction of sp³-hybridized carbons (Fsp3) is 0.438. The molecule has 42 heavy (non-hydrogen) atoms. The predicted octanol–water partition coefficient (Wildman–Crippen LogP) is 5.16. The molecule has 1 aliphatic rings. The first-order chi connectivity index (χ1) is 19.9. The van der Waals surface area contributed by atoms with E-state index in [1.54, 1.807) is 18.2 Å². The number of hydrogen-bond acceptors (Lipinski definition) is 7. The van der Waals surface area contributed by atoms with Crippen LogP contribution in [0.2, 0.25) is 0 Å². The van der Waals surface area contributed by atoms with Crippen LogP contribution in [0.1, 0.15) is 50.5 Å². The molecule has 0 saturated carbocycles. The zero-order valence-corrected chi connectivity index (χ0v) is 26.2. The molecule has 9 nitrogen and oxygen atoms in total. The number of nitrogens with one attached hydrogen (secondary N) is 2. The molecule has 226 valence electrons. The van der Waals surface area contributed by atoms with E-state index in [2.05, 4.69) is 28.8 Å². The number of rotatable bonds is 10. The van der Waals surface area contributed by atoms with Crippen LogP contribution in [0.25, 0.3) is 10.8 Å². The average Bonchev–Trinajstić information content (AvgIpc) is 2.91. The third-order valence-electron chi connectivity index (χ3n) is 7.16. The van der Waals surface area contributed by atoms with Crippen molar-refractivity contribution in [2.75, 3.05) is 49.6 Å². The number of carbonyl (C=O) groups is 2. The van der Waals surface area contributed by atoms with Crippen LogP contribution < -0.4 is 19.5 Å². The average molecular weight is 596 g/mol. The molecular formula is C32H41N3O6S. The van der Waals surface area contributed by atoms with Gasteiger partial charge in [0.05, 0.1) is 30.7 Å². The van der Waals surface area contributed by atoms with Crippen LogP contribution in [-0.2, 0) is 25.9 Å². The van der Waals surface area contributed by atoms with Gasteiger partial charge in [-0.05, 0) is 54.5 Å². The molecule has 0 bridgehead atoms. The van der Waals surface area contributed by atoms with Gasteiger partial charge in [0.15, 0.2) is 5.75 Å². The third-order valence-corrected chi connectivity index (χ3v) is 7.66. The van der Waals surface area contributed by atoms with Gasteiger partial charge in [-0.25, -0.2) is 4.21 Å². The number of fused-ring (bicyclic) bond motifs is 1. The van der Waals surface area contributed by atoms with Crippen molar-refractivity contribution < 1.29 is 28.0 Å². The molecule has 3 aromatic rings. The molecule has 3 aromatic carbocycles. The van der Waals surface area contributed by atoms with Crippen molar-refractivity contribution in [3.63, 3.8) is 0 Å². The quantitative estimate of drug-likeness (QED) is 0.246. The van der Waals surface area contributed by atoms with Gasteiger partial charge in [0, 0.05) is 36.8 Å². The Morgan fingerprint density at radius 3 is 2.29 bits per heavy atom. The first-order valence-electron chi connectivity index (χ1n) is 14.1. The normalized spacial score (nSPS) is 18.4. The Morgan fingerprint density at radius 1 is 1.02 bits per heavy atom. The number of anilines is 2. The molecule has 1 aliphatic heterocycles. The van der Waals surface area contributed by atoms with E-state index in [1.807, 2.05) is 51.1 Å². The number of ether oxygens (including phenoxy) is 3. The molecule has 3 unspecified atom stereocenters. The highest BCUT2D eigenvalue weighted by molar-refractivity contribution is 7.85. The summed E-state index contributed by atoms with van der Waals surface area (Å²) in [7, 11) is 0.0797. The Kier molecular flexibility index (Phi) is 9.91. The van der Waals surface area contributed by atoms with Gasteiger partial charge in [0.2, 0.25) is 0 Å². The fourth-order valence-corrected chi connectivity index (χ4v) is 5.71. The Balaban J connectivity index is 1.57. The molecule has 3 atom stereocenters. The monoisotopic (exact) mass is 595 g/mol. The number of ketones is 1. The van der Waals surface area contributed by atoms with Crippen LogP contribution in [0.3, 0.4) is 0 Å². The second-order valence-corrected chi connectivity index (χ2v) is 12.8. The molecule has 0 aromatic heterocycles. The first-order valence-corrected chi connectivity index (χ1v) is 15.6. The lowest BCUT2D eigenvalue weighted by molar-refractivity contribution is -0.112. The summed E-state index contributed by atoms with van der Waals surface area (Å²) >= 11 is 0. The van der Waals surface area contributed by atoms with E-state index >= 15 is 0 Å². The zero-order chi connectivity index (χ0) is 30.6. The van der Waals surface area contributed by atoms with Crippen molar-refractivity contribution >= 4 is 44.8 Å². The molecule has 0 spiro atoms. The number of amides is 1. The van der Waals surface area contributed by atoms with E-state index in [4.69, 9.17) is 14.2 Å². The number of benzene rings is 3. The lowest BCUT2D eigenvalue weighted by Gasteiger charge is -2.35. The number of hydrogen-bond donors (Lipinski definition) is 2. The van der Waals surface area contributed by atoms with E-state index in [9.17, 15) is 13.8 Å². The van der Waals surface area contributed by atoms with Crippen molar-refractivity contribution in [3.8, 4) is 11.5 Å². The van der Waals surface area contributed by atoms with E-state index < -0.39 is 22.7 Å². The van der Waals surface area contributed by atoms with Gasteiger partial charge in [0.25, 0.3) is 11.7 Å². The summed E-state index contributed by atoms with van der Waals surface area (Å²) in [6, 6.07) is 14.4. The molecule has 1 heterocycles. The second-order valence-electron chi connectivity index (χ2n) is 11.7. The van der Waals surface area contributed by atoms with Crippen molar-refractivity contribution in [1.29, 1.82) is 0 Å². The minimum Gasteiger partial charge on any atom is -0.492 e. The zero-order valence-electron chi connectivity index (χ0n) is 25.4. The lowest BCUT2D eigenvalue weighted by atomic mass is 9.86. The van der Waals surface area contributed by atoms with Gasteiger partial charge < -0.3 is 24.2 Å². The van der Waals surface area contributed by atoms with Crippen molar-refractivity contribution in [3.05, 3.63) is 59.7 Å². The highest BCUT2D eigenvalue weighted by Gasteiger charge is 2.26. The van der Waals surface area contributed by atoms with Gasteiger partial charge in [0.1, 0.15) is 23.3 Å². The van der Waals surface area contributed by atoms with Gasteiger partial charge in [-0.1, -0.05) is 45.0 Å². The molecular weight excluding hydrogens is 554 g/mol. The minimum absolute atomic E-state index is 0.181. The Hall–Kier alpha value is -3.47. The van der Waals surface area contributed by atoms with Crippen LogP contribution in [0, 0.1) is 0 Å². The largest absolute Gasteiger partial charge is 0.492 e. The molecule has 4 rings (SSSR count). The van der Waals surface area contributed by atoms with E-state index in [1.165, 1.54) is 13.4 Å². The minimum atomic E-state index is -1.38. The number of carbonyl (C=O) groups excluding carboxylic acids is 2. The SMILES string of the molecule is COc1c(NC(=O)C(=O)c2ccc(OCCN3CC(C)OC(C)C3)c3ccccc23)cc(C(C)(C)C)cc1NS(C)=O. The molecule has 1 fully saturated rings. The van der Waals surface area contributed by atoms with Gasteiger partial charge >= 0.3 is 0 Å². The standard InChI is InChI=1S/C32H41N3O6S/c1-20-18-35(19-21(2)41-20)14-15-40-28-13-12-25(23-10-8-9-11-24(23)28)29(36)31(37)33-26-16-22(32(3,4)5)17-27(30(26)39-6)34-42(7)38/h8-13,16-17,20-21,34H,14-15,18-19H2,1-7H3,(H,33,37). The summed E-state index contributed by atoms with van der Waals surface area (Å²) in [4.78, 5) is 29.2. The first kappa shape index (κ1) is 31.5. The summed E-state index contributed by atoms with van der Waals surface area (Å²) < 4.78 is 32.4. The third kappa shape index (κ3) is 7.48. The van der Waals surface area contributed by atoms with Crippen molar-refractivity contribution in [1.82, 2.24) is 4.90 Å².